The van der Waals surface area contributed by atoms with Gasteiger partial charge in [-0.05, 0) is 62.6 Å². The van der Waals surface area contributed by atoms with Gasteiger partial charge in [0, 0.05) is 17.8 Å². The van der Waals surface area contributed by atoms with Gasteiger partial charge in [-0.1, -0.05) is 24.4 Å². The highest BCUT2D eigenvalue weighted by atomic mass is 32.1. The predicted molar refractivity (Wildman–Crippen MR) is 120 cm³/mol. The third-order valence-corrected chi connectivity index (χ3v) is 6.29. The molecule has 168 valence electrons. The van der Waals surface area contributed by atoms with E-state index in [1.54, 1.807) is 11.0 Å². The van der Waals surface area contributed by atoms with Crippen LogP contribution in [-0.2, 0) is 17.4 Å². The molecule has 0 saturated carbocycles. The van der Waals surface area contributed by atoms with Crippen molar-refractivity contribution in [1.29, 1.82) is 5.26 Å². The van der Waals surface area contributed by atoms with E-state index in [1.807, 2.05) is 43.0 Å². The lowest BCUT2D eigenvalue weighted by molar-refractivity contribution is -0.138. The summed E-state index contributed by atoms with van der Waals surface area (Å²) < 4.78 is 40.3. The van der Waals surface area contributed by atoms with E-state index in [2.05, 4.69) is 0 Å². The zero-order chi connectivity index (χ0) is 23.7. The number of rotatable bonds is 6. The molecule has 2 aromatic rings. The van der Waals surface area contributed by atoms with E-state index in [9.17, 15) is 18.0 Å². The number of benzene rings is 2. The number of thiocarbonyl (C=S) groups is 1. The number of carbonyl (C=O) groups is 1. The van der Waals surface area contributed by atoms with Crippen molar-refractivity contribution < 1.29 is 23.1 Å². The third-order valence-electron chi connectivity index (χ3n) is 5.57. The molecule has 0 radical (unpaired) electrons. The number of anilines is 2. The molecule has 0 spiro atoms. The summed E-state index contributed by atoms with van der Waals surface area (Å²) in [7, 11) is 0. The van der Waals surface area contributed by atoms with Crippen LogP contribution in [0.15, 0.2) is 42.5 Å². The van der Waals surface area contributed by atoms with E-state index in [-0.39, 0.29) is 18.8 Å². The molecule has 0 aromatic heterocycles. The average Bonchev–Trinajstić information content (AvgIpc) is 2.96. The molecule has 1 aliphatic heterocycles. The molecule has 1 aliphatic rings. The van der Waals surface area contributed by atoms with Gasteiger partial charge >= 0.3 is 12.1 Å². The average molecular weight is 462 g/mol. The van der Waals surface area contributed by atoms with E-state index >= 15 is 0 Å². The summed E-state index contributed by atoms with van der Waals surface area (Å²) in [6, 6.07) is 12.9. The van der Waals surface area contributed by atoms with Crippen LogP contribution in [0.1, 0.15) is 43.4 Å². The topological polar surface area (TPSA) is 67.6 Å². The van der Waals surface area contributed by atoms with Crippen LogP contribution in [0.4, 0.5) is 24.5 Å². The summed E-state index contributed by atoms with van der Waals surface area (Å²) in [4.78, 5) is 14.8. The zero-order valence-electron chi connectivity index (χ0n) is 17.6. The van der Waals surface area contributed by atoms with Gasteiger partial charge in [-0.3, -0.25) is 4.79 Å². The van der Waals surface area contributed by atoms with Crippen LogP contribution in [0.3, 0.4) is 0 Å². The van der Waals surface area contributed by atoms with E-state index in [1.165, 1.54) is 12.1 Å². The second-order valence-corrected chi connectivity index (χ2v) is 8.50. The number of aryl methyl sites for hydroxylation is 1. The number of nitriles is 1. The summed E-state index contributed by atoms with van der Waals surface area (Å²) in [5.74, 6) is -0.828. The normalized spacial score (nSPS) is 15.7. The van der Waals surface area contributed by atoms with Crippen molar-refractivity contribution in [3.05, 3.63) is 59.2 Å². The molecule has 1 fully saturated rings. The fourth-order valence-corrected chi connectivity index (χ4v) is 4.02. The van der Waals surface area contributed by atoms with Crippen molar-refractivity contribution in [1.82, 2.24) is 0 Å². The van der Waals surface area contributed by atoms with Gasteiger partial charge in [0.25, 0.3) is 0 Å². The zero-order valence-corrected chi connectivity index (χ0v) is 18.4. The number of hydrogen-bond donors (Lipinski definition) is 1. The van der Waals surface area contributed by atoms with E-state index in [0.29, 0.717) is 17.8 Å². The number of aliphatic carboxylic acids is 1. The summed E-state index contributed by atoms with van der Waals surface area (Å²) in [5, 5.41) is 17.8. The minimum atomic E-state index is -4.64. The first-order valence-corrected chi connectivity index (χ1v) is 10.4. The summed E-state index contributed by atoms with van der Waals surface area (Å²) >= 11 is 5.62. The first kappa shape index (κ1) is 23.5. The predicted octanol–water partition coefficient (Wildman–Crippen LogP) is 5.37. The third kappa shape index (κ3) is 4.70. The Labute approximate surface area is 189 Å². The smallest absolute Gasteiger partial charge is 0.417 e. The fourth-order valence-electron chi connectivity index (χ4n) is 3.75. The van der Waals surface area contributed by atoms with Crippen molar-refractivity contribution in [3.8, 4) is 6.07 Å². The monoisotopic (exact) mass is 461 g/mol. The Morgan fingerprint density at radius 3 is 2.38 bits per heavy atom. The fraction of sp³-hybridized carbons (Fsp3) is 0.348. The highest BCUT2D eigenvalue weighted by molar-refractivity contribution is 7.80. The molecule has 0 aliphatic carbocycles. The van der Waals surface area contributed by atoms with Gasteiger partial charge in [0.15, 0.2) is 0 Å². The maximum Gasteiger partial charge on any atom is 0.417 e. The van der Waals surface area contributed by atoms with Crippen molar-refractivity contribution in [2.75, 3.05) is 16.5 Å². The first-order chi connectivity index (χ1) is 14.9. The van der Waals surface area contributed by atoms with Gasteiger partial charge in [-0.15, -0.1) is 0 Å². The highest BCUT2D eigenvalue weighted by Gasteiger charge is 2.43. The van der Waals surface area contributed by atoms with Crippen LogP contribution in [0, 0.1) is 11.3 Å². The van der Waals surface area contributed by atoms with Crippen LogP contribution in [-0.4, -0.2) is 28.3 Å². The molecule has 2 aromatic carbocycles. The molecule has 0 amide bonds. The Morgan fingerprint density at radius 1 is 1.19 bits per heavy atom. The molecule has 9 heteroatoms. The van der Waals surface area contributed by atoms with Gasteiger partial charge in [0.2, 0.25) is 0 Å². The Hall–Kier alpha value is -3.12. The molecule has 0 atom stereocenters. The Morgan fingerprint density at radius 2 is 1.81 bits per heavy atom. The van der Waals surface area contributed by atoms with E-state index < -0.39 is 28.8 Å². The lowest BCUT2D eigenvalue weighted by Crippen LogP contribution is -2.42. The quantitative estimate of drug-likeness (QED) is 0.583. The summed E-state index contributed by atoms with van der Waals surface area (Å²) in [6.45, 7) is 4.07. The van der Waals surface area contributed by atoms with Crippen molar-refractivity contribution in [3.63, 3.8) is 0 Å². The first-order valence-electron chi connectivity index (χ1n) is 9.97. The largest absolute Gasteiger partial charge is 0.481 e. The number of halogens is 3. The number of alkyl halides is 3. The minimum Gasteiger partial charge on any atom is -0.481 e. The highest BCUT2D eigenvalue weighted by Crippen LogP contribution is 2.39. The maximum atomic E-state index is 13.4. The molecule has 1 heterocycles. The summed E-state index contributed by atoms with van der Waals surface area (Å²) in [5.41, 5.74) is 0.0946. The Balaban J connectivity index is 1.86. The van der Waals surface area contributed by atoms with Crippen LogP contribution in [0.5, 0.6) is 0 Å². The second-order valence-electron chi connectivity index (χ2n) is 8.11. The SMILES string of the molecule is CC1(C)C(=S)N(c2ccc(C#N)c(C(F)(F)F)c2)CN1c1ccc(CCCC(=O)O)cc1. The van der Waals surface area contributed by atoms with E-state index in [4.69, 9.17) is 22.6 Å². The number of nitrogens with zero attached hydrogens (tertiary/aromatic N) is 3. The van der Waals surface area contributed by atoms with Crippen molar-refractivity contribution in [2.45, 2.75) is 44.8 Å². The van der Waals surface area contributed by atoms with Gasteiger partial charge < -0.3 is 14.9 Å². The van der Waals surface area contributed by atoms with Crippen molar-refractivity contribution >= 4 is 34.6 Å². The second kappa shape index (κ2) is 8.79. The summed E-state index contributed by atoms with van der Waals surface area (Å²) in [6.07, 6.45) is -3.35. The van der Waals surface area contributed by atoms with Crippen molar-refractivity contribution in [2.24, 2.45) is 0 Å². The molecule has 0 unspecified atom stereocenters. The van der Waals surface area contributed by atoms with Crippen LogP contribution >= 0.6 is 12.2 Å². The van der Waals surface area contributed by atoms with Crippen LogP contribution in [0.2, 0.25) is 0 Å². The Bertz CT molecular complexity index is 1080. The molecule has 32 heavy (non-hydrogen) atoms. The maximum absolute atomic E-state index is 13.4. The minimum absolute atomic E-state index is 0.106. The number of carboxylic acids is 1. The molecule has 1 N–H and O–H groups in total. The number of hydrogen-bond acceptors (Lipinski definition) is 4. The molecular formula is C23H22F3N3O2S. The Kier molecular flexibility index (Phi) is 6.46. The van der Waals surface area contributed by atoms with Crippen LogP contribution in [0.25, 0.3) is 0 Å². The standard InChI is InChI=1S/C23H22F3N3O2S/c1-22(2)21(32)28(18-11-8-16(13-27)19(12-18)23(24,25)26)14-29(22)17-9-6-15(7-10-17)4-3-5-20(30)31/h6-12H,3-5,14H2,1-2H3,(H,30,31). The molecule has 5 nitrogen and oxygen atoms in total. The van der Waals surface area contributed by atoms with Crippen LogP contribution < -0.4 is 9.80 Å². The molecule has 1 saturated heterocycles. The van der Waals surface area contributed by atoms with Gasteiger partial charge in [0.05, 0.1) is 29.4 Å². The van der Waals surface area contributed by atoms with E-state index in [0.717, 1.165) is 17.3 Å². The van der Waals surface area contributed by atoms with Gasteiger partial charge in [-0.2, -0.15) is 18.4 Å². The molecule has 0 bridgehead atoms. The number of carboxylic acid groups (broad SMARTS) is 1. The lowest BCUT2D eigenvalue weighted by atomic mass is 10.0. The lowest BCUT2D eigenvalue weighted by Gasteiger charge is -2.31. The van der Waals surface area contributed by atoms with Gasteiger partial charge in [-0.25, -0.2) is 0 Å². The molecule has 3 rings (SSSR count). The van der Waals surface area contributed by atoms with Gasteiger partial charge in [0.1, 0.15) is 4.99 Å². The molecular weight excluding hydrogens is 439 g/mol.